The number of nitrogens with zero attached hydrogens (tertiary/aromatic N) is 1. The van der Waals surface area contributed by atoms with E-state index >= 15 is 0 Å². The quantitative estimate of drug-likeness (QED) is 0.714. The Bertz CT molecular complexity index is 816. The first-order chi connectivity index (χ1) is 10.0. The molecule has 0 saturated heterocycles. The van der Waals surface area contributed by atoms with Gasteiger partial charge in [0.1, 0.15) is 0 Å². The molecule has 2 nitrogen and oxygen atoms in total. The van der Waals surface area contributed by atoms with Crippen molar-refractivity contribution in [2.24, 2.45) is 0 Å². The Morgan fingerprint density at radius 3 is 2.52 bits per heavy atom. The van der Waals surface area contributed by atoms with Crippen LogP contribution in [0.25, 0.3) is 28.2 Å². The van der Waals surface area contributed by atoms with Crippen LogP contribution in [-0.2, 0) is 6.18 Å². The summed E-state index contributed by atoms with van der Waals surface area (Å²) in [6.45, 7) is 3.63. The molecule has 0 amide bonds. The summed E-state index contributed by atoms with van der Waals surface area (Å²) in [5.41, 5.74) is 1.69. The van der Waals surface area contributed by atoms with Crippen LogP contribution in [0.1, 0.15) is 11.3 Å². The van der Waals surface area contributed by atoms with E-state index in [1.807, 2.05) is 0 Å². The fraction of sp³-hybridized carbons (Fsp3) is 0.0625. The van der Waals surface area contributed by atoms with E-state index in [-0.39, 0.29) is 5.56 Å². The van der Waals surface area contributed by atoms with Crippen LogP contribution in [0.4, 0.5) is 13.2 Å². The third-order valence-corrected chi connectivity index (χ3v) is 3.28. The molecule has 2 heterocycles. The van der Waals surface area contributed by atoms with Gasteiger partial charge in [-0.05, 0) is 29.8 Å². The van der Waals surface area contributed by atoms with Crippen molar-refractivity contribution in [2.45, 2.75) is 6.18 Å². The van der Waals surface area contributed by atoms with Gasteiger partial charge < -0.3 is 4.98 Å². The third-order valence-electron chi connectivity index (χ3n) is 3.28. The molecule has 2 aromatic heterocycles. The van der Waals surface area contributed by atoms with Crippen LogP contribution >= 0.6 is 0 Å². The van der Waals surface area contributed by atoms with Crippen LogP contribution in [0.15, 0.2) is 49.2 Å². The second kappa shape index (κ2) is 4.77. The van der Waals surface area contributed by atoms with Crippen molar-refractivity contribution >= 4 is 17.1 Å². The second-order valence-corrected chi connectivity index (χ2v) is 4.58. The highest BCUT2D eigenvalue weighted by Crippen LogP contribution is 2.38. The molecule has 0 aliphatic rings. The summed E-state index contributed by atoms with van der Waals surface area (Å²) in [6, 6.07) is 9.02. The van der Waals surface area contributed by atoms with Gasteiger partial charge in [0, 0.05) is 11.8 Å². The molecule has 0 radical (unpaired) electrons. The second-order valence-electron chi connectivity index (χ2n) is 4.58. The van der Waals surface area contributed by atoms with Gasteiger partial charge in [0.15, 0.2) is 0 Å². The normalized spacial score (nSPS) is 11.8. The molecule has 0 unspecified atom stereocenters. The standard InChI is InChI=1S/C16H11F3N2/c1-2-10-7-8-14-15(21-10)12(9-20-14)11-5-3-4-6-13(11)16(17,18)19/h2-9,20H,1H2. The average Bonchev–Trinajstić information content (AvgIpc) is 2.89. The minimum atomic E-state index is -4.41. The van der Waals surface area contributed by atoms with E-state index in [0.717, 1.165) is 6.07 Å². The van der Waals surface area contributed by atoms with Gasteiger partial charge in [0.25, 0.3) is 0 Å². The molecule has 0 bridgehead atoms. The number of halogens is 3. The molecular formula is C16H11F3N2. The van der Waals surface area contributed by atoms with Crippen LogP contribution in [0.2, 0.25) is 0 Å². The molecule has 21 heavy (non-hydrogen) atoms. The number of nitrogens with one attached hydrogen (secondary N) is 1. The molecule has 0 aliphatic carbocycles. The van der Waals surface area contributed by atoms with Crippen LogP contribution < -0.4 is 0 Å². The Labute approximate surface area is 119 Å². The van der Waals surface area contributed by atoms with Gasteiger partial charge in [-0.25, -0.2) is 4.98 Å². The Kier molecular flexibility index (Phi) is 3.05. The summed E-state index contributed by atoms with van der Waals surface area (Å²) in [4.78, 5) is 7.29. The van der Waals surface area contributed by atoms with Crippen molar-refractivity contribution in [1.29, 1.82) is 0 Å². The predicted molar refractivity (Wildman–Crippen MR) is 76.6 cm³/mol. The highest BCUT2D eigenvalue weighted by molar-refractivity contribution is 5.93. The maximum absolute atomic E-state index is 13.1. The molecule has 5 heteroatoms. The Morgan fingerprint density at radius 1 is 1.05 bits per heavy atom. The number of hydrogen-bond donors (Lipinski definition) is 1. The van der Waals surface area contributed by atoms with E-state index < -0.39 is 11.7 Å². The van der Waals surface area contributed by atoms with Gasteiger partial charge in [-0.3, -0.25) is 0 Å². The van der Waals surface area contributed by atoms with Crippen molar-refractivity contribution in [3.63, 3.8) is 0 Å². The lowest BCUT2D eigenvalue weighted by Gasteiger charge is -2.11. The van der Waals surface area contributed by atoms with Gasteiger partial charge in [0.2, 0.25) is 0 Å². The number of pyridine rings is 1. The molecule has 0 saturated carbocycles. The Hall–Kier alpha value is -2.56. The maximum Gasteiger partial charge on any atom is 0.417 e. The summed E-state index contributed by atoms with van der Waals surface area (Å²) in [5, 5.41) is 0. The van der Waals surface area contributed by atoms with E-state index in [4.69, 9.17) is 0 Å². The topological polar surface area (TPSA) is 28.7 Å². The van der Waals surface area contributed by atoms with Gasteiger partial charge >= 0.3 is 6.18 Å². The zero-order valence-corrected chi connectivity index (χ0v) is 10.9. The smallest absolute Gasteiger partial charge is 0.359 e. The molecule has 3 rings (SSSR count). The van der Waals surface area contributed by atoms with Crippen LogP contribution in [0.5, 0.6) is 0 Å². The number of alkyl halides is 3. The lowest BCUT2D eigenvalue weighted by Crippen LogP contribution is -2.06. The van der Waals surface area contributed by atoms with E-state index in [1.54, 1.807) is 30.5 Å². The van der Waals surface area contributed by atoms with Crippen LogP contribution in [-0.4, -0.2) is 9.97 Å². The highest BCUT2D eigenvalue weighted by atomic mass is 19.4. The van der Waals surface area contributed by atoms with Gasteiger partial charge in [-0.15, -0.1) is 0 Å². The Balaban J connectivity index is 2.29. The van der Waals surface area contributed by atoms with Gasteiger partial charge in [0.05, 0.1) is 22.3 Å². The molecule has 0 aliphatic heterocycles. The number of aromatic amines is 1. The third kappa shape index (κ3) is 2.31. The summed E-state index contributed by atoms with van der Waals surface area (Å²) in [7, 11) is 0. The fourth-order valence-electron chi connectivity index (χ4n) is 2.30. The summed E-state index contributed by atoms with van der Waals surface area (Å²) in [6.07, 6.45) is -1.29. The SMILES string of the molecule is C=Cc1ccc2[nH]cc(-c3ccccc3C(F)(F)F)c2n1. The summed E-state index contributed by atoms with van der Waals surface area (Å²) < 4.78 is 39.4. The number of hydrogen-bond acceptors (Lipinski definition) is 1. The Morgan fingerprint density at radius 2 is 1.81 bits per heavy atom. The van der Waals surface area contributed by atoms with Crippen molar-refractivity contribution in [2.75, 3.05) is 0 Å². The van der Waals surface area contributed by atoms with E-state index in [2.05, 4.69) is 16.5 Å². The first kappa shape index (κ1) is 13.4. The predicted octanol–water partition coefficient (Wildman–Crippen LogP) is 4.89. The zero-order valence-electron chi connectivity index (χ0n) is 10.9. The average molecular weight is 288 g/mol. The lowest BCUT2D eigenvalue weighted by atomic mass is 10.0. The molecule has 1 aromatic carbocycles. The van der Waals surface area contributed by atoms with Crippen LogP contribution in [0, 0.1) is 0 Å². The maximum atomic E-state index is 13.1. The number of H-pyrrole nitrogens is 1. The van der Waals surface area contributed by atoms with E-state index in [9.17, 15) is 13.2 Å². The first-order valence-corrected chi connectivity index (χ1v) is 6.28. The largest absolute Gasteiger partial charge is 0.417 e. The van der Waals surface area contributed by atoms with Gasteiger partial charge in [-0.1, -0.05) is 24.8 Å². The summed E-state index contributed by atoms with van der Waals surface area (Å²) >= 11 is 0. The molecule has 3 aromatic rings. The summed E-state index contributed by atoms with van der Waals surface area (Å²) in [5.74, 6) is 0. The molecule has 0 atom stereocenters. The number of rotatable bonds is 2. The number of benzene rings is 1. The first-order valence-electron chi connectivity index (χ1n) is 6.28. The minimum Gasteiger partial charge on any atom is -0.359 e. The molecule has 0 spiro atoms. The molecule has 0 fully saturated rings. The molecule has 106 valence electrons. The van der Waals surface area contributed by atoms with Crippen molar-refractivity contribution < 1.29 is 13.2 Å². The monoisotopic (exact) mass is 288 g/mol. The van der Waals surface area contributed by atoms with Crippen molar-refractivity contribution in [3.8, 4) is 11.1 Å². The highest BCUT2D eigenvalue weighted by Gasteiger charge is 2.33. The fourth-order valence-corrected chi connectivity index (χ4v) is 2.30. The zero-order chi connectivity index (χ0) is 15.0. The van der Waals surface area contributed by atoms with E-state index in [0.29, 0.717) is 22.3 Å². The molecule has 1 N–H and O–H groups in total. The van der Waals surface area contributed by atoms with Crippen molar-refractivity contribution in [3.05, 3.63) is 60.4 Å². The molecular weight excluding hydrogens is 277 g/mol. The lowest BCUT2D eigenvalue weighted by molar-refractivity contribution is -0.137. The number of aromatic nitrogens is 2. The number of fused-ring (bicyclic) bond motifs is 1. The van der Waals surface area contributed by atoms with Gasteiger partial charge in [-0.2, -0.15) is 13.2 Å². The minimum absolute atomic E-state index is 0.116. The van der Waals surface area contributed by atoms with Crippen LogP contribution in [0.3, 0.4) is 0 Å². The van der Waals surface area contributed by atoms with Crippen molar-refractivity contribution in [1.82, 2.24) is 9.97 Å². The van der Waals surface area contributed by atoms with E-state index in [1.165, 1.54) is 12.1 Å².